The average molecular weight is 254 g/mol. The Morgan fingerprint density at radius 1 is 1.05 bits per heavy atom. The van der Waals surface area contributed by atoms with Crippen molar-refractivity contribution in [3.63, 3.8) is 0 Å². The number of benzene rings is 1. The van der Waals surface area contributed by atoms with Crippen LogP contribution in [0, 0.1) is 0 Å². The predicted molar refractivity (Wildman–Crippen MR) is 73.2 cm³/mol. The van der Waals surface area contributed by atoms with Gasteiger partial charge < -0.3 is 0 Å². The highest BCUT2D eigenvalue weighted by molar-refractivity contribution is 6.13. The highest BCUT2D eigenvalue weighted by Crippen LogP contribution is 2.19. The molecule has 1 amide bonds. The number of rotatable bonds is 3. The van der Waals surface area contributed by atoms with Crippen LogP contribution >= 0.6 is 0 Å². The standard InChI is InChI=1S/C15H14N2O2/c1-11(18)17(2)15-13(9-6-10-16-15)14(19)12-7-4-3-5-8-12/h3-10H,1-2H3. The van der Waals surface area contributed by atoms with E-state index in [1.165, 1.54) is 11.8 Å². The van der Waals surface area contributed by atoms with E-state index in [4.69, 9.17) is 0 Å². The Hall–Kier alpha value is -2.49. The molecule has 0 atom stereocenters. The molecule has 0 fully saturated rings. The van der Waals surface area contributed by atoms with E-state index in [2.05, 4.69) is 4.98 Å². The highest BCUT2D eigenvalue weighted by Gasteiger charge is 2.18. The highest BCUT2D eigenvalue weighted by atomic mass is 16.2. The fourth-order valence-electron chi connectivity index (χ4n) is 1.74. The lowest BCUT2D eigenvalue weighted by molar-refractivity contribution is -0.116. The number of aromatic nitrogens is 1. The van der Waals surface area contributed by atoms with Crippen LogP contribution in [0.25, 0.3) is 0 Å². The molecule has 4 heteroatoms. The maximum Gasteiger partial charge on any atom is 0.224 e. The molecule has 0 aliphatic rings. The van der Waals surface area contributed by atoms with Gasteiger partial charge in [0.05, 0.1) is 5.56 Å². The molecule has 1 aromatic heterocycles. The van der Waals surface area contributed by atoms with E-state index in [1.807, 2.05) is 6.07 Å². The Balaban J connectivity index is 2.46. The summed E-state index contributed by atoms with van der Waals surface area (Å²) in [6, 6.07) is 12.3. The molecule has 0 radical (unpaired) electrons. The monoisotopic (exact) mass is 254 g/mol. The van der Waals surface area contributed by atoms with E-state index in [1.54, 1.807) is 49.6 Å². The van der Waals surface area contributed by atoms with Crippen LogP contribution in [0.5, 0.6) is 0 Å². The molecule has 0 N–H and O–H groups in total. The van der Waals surface area contributed by atoms with Crippen molar-refractivity contribution >= 4 is 17.5 Å². The molecule has 0 saturated heterocycles. The van der Waals surface area contributed by atoms with Gasteiger partial charge in [-0.25, -0.2) is 4.98 Å². The third kappa shape index (κ3) is 2.68. The third-order valence-electron chi connectivity index (χ3n) is 2.86. The molecule has 0 saturated carbocycles. The molecule has 1 aromatic carbocycles. The minimum absolute atomic E-state index is 0.142. The second-order valence-corrected chi connectivity index (χ2v) is 4.15. The number of carbonyl (C=O) groups is 2. The molecule has 2 rings (SSSR count). The van der Waals surface area contributed by atoms with Gasteiger partial charge in [-0.15, -0.1) is 0 Å². The third-order valence-corrected chi connectivity index (χ3v) is 2.86. The number of nitrogens with zero attached hydrogens (tertiary/aromatic N) is 2. The van der Waals surface area contributed by atoms with Gasteiger partial charge in [0.1, 0.15) is 5.82 Å². The summed E-state index contributed by atoms with van der Waals surface area (Å²) in [5.41, 5.74) is 1.00. The topological polar surface area (TPSA) is 50.3 Å². The van der Waals surface area contributed by atoms with Crippen molar-refractivity contribution in [2.24, 2.45) is 0 Å². The summed E-state index contributed by atoms with van der Waals surface area (Å²) < 4.78 is 0. The molecular weight excluding hydrogens is 240 g/mol. The zero-order valence-electron chi connectivity index (χ0n) is 10.8. The molecule has 4 nitrogen and oxygen atoms in total. The SMILES string of the molecule is CC(=O)N(C)c1ncccc1C(=O)c1ccccc1. The first-order chi connectivity index (χ1) is 9.11. The number of anilines is 1. The molecule has 1 heterocycles. The summed E-state index contributed by atoms with van der Waals surface area (Å²) in [6.45, 7) is 1.44. The van der Waals surface area contributed by atoms with Crippen LogP contribution in [-0.4, -0.2) is 23.7 Å². The Labute approximate surface area is 111 Å². The lowest BCUT2D eigenvalue weighted by Gasteiger charge is -2.16. The molecule has 96 valence electrons. The number of amides is 1. The van der Waals surface area contributed by atoms with Crippen LogP contribution in [0.1, 0.15) is 22.8 Å². The van der Waals surface area contributed by atoms with Crippen LogP contribution < -0.4 is 4.90 Å². The van der Waals surface area contributed by atoms with Crippen LogP contribution in [0.4, 0.5) is 5.82 Å². The van der Waals surface area contributed by atoms with Gasteiger partial charge in [0.2, 0.25) is 5.91 Å². The number of carbonyl (C=O) groups excluding carboxylic acids is 2. The number of hydrogen-bond donors (Lipinski definition) is 0. The summed E-state index contributed by atoms with van der Waals surface area (Å²) in [7, 11) is 1.60. The van der Waals surface area contributed by atoms with Gasteiger partial charge in [-0.3, -0.25) is 14.5 Å². The Morgan fingerprint density at radius 2 is 1.74 bits per heavy atom. The first-order valence-electron chi connectivity index (χ1n) is 5.90. The van der Waals surface area contributed by atoms with Crippen molar-refractivity contribution in [3.05, 3.63) is 59.8 Å². The first kappa shape index (κ1) is 13.0. The van der Waals surface area contributed by atoms with Crippen LogP contribution in [0.3, 0.4) is 0 Å². The van der Waals surface area contributed by atoms with Gasteiger partial charge in [0, 0.05) is 25.7 Å². The fraction of sp³-hybridized carbons (Fsp3) is 0.133. The van der Waals surface area contributed by atoms with E-state index in [9.17, 15) is 9.59 Å². The maximum atomic E-state index is 12.4. The zero-order valence-corrected chi connectivity index (χ0v) is 10.8. The molecule has 2 aromatic rings. The Kier molecular flexibility index (Phi) is 3.71. The predicted octanol–water partition coefficient (Wildman–Crippen LogP) is 2.30. The number of hydrogen-bond acceptors (Lipinski definition) is 3. The minimum Gasteiger partial charge on any atom is -0.300 e. The van der Waals surface area contributed by atoms with E-state index < -0.39 is 0 Å². The van der Waals surface area contributed by atoms with Crippen molar-refractivity contribution in [1.29, 1.82) is 0 Å². The summed E-state index contributed by atoms with van der Waals surface area (Å²) in [5.74, 6) is 0.0708. The van der Waals surface area contributed by atoms with Crippen LogP contribution in [0.15, 0.2) is 48.7 Å². The van der Waals surface area contributed by atoms with Crippen molar-refractivity contribution < 1.29 is 9.59 Å². The summed E-state index contributed by atoms with van der Waals surface area (Å²) in [4.78, 5) is 29.3. The maximum absolute atomic E-state index is 12.4. The van der Waals surface area contributed by atoms with Crippen LogP contribution in [0.2, 0.25) is 0 Å². The van der Waals surface area contributed by atoms with Crippen molar-refractivity contribution in [3.8, 4) is 0 Å². The second-order valence-electron chi connectivity index (χ2n) is 4.15. The number of pyridine rings is 1. The van der Waals surface area contributed by atoms with E-state index in [0.29, 0.717) is 16.9 Å². The lowest BCUT2D eigenvalue weighted by Crippen LogP contribution is -2.26. The van der Waals surface area contributed by atoms with E-state index >= 15 is 0 Å². The summed E-state index contributed by atoms with van der Waals surface area (Å²) in [6.07, 6.45) is 1.57. The largest absolute Gasteiger partial charge is 0.300 e. The van der Waals surface area contributed by atoms with Gasteiger partial charge in [-0.1, -0.05) is 30.3 Å². The fourth-order valence-corrected chi connectivity index (χ4v) is 1.74. The molecule has 0 aliphatic heterocycles. The lowest BCUT2D eigenvalue weighted by atomic mass is 10.0. The van der Waals surface area contributed by atoms with Gasteiger partial charge in [-0.2, -0.15) is 0 Å². The van der Waals surface area contributed by atoms with E-state index in [0.717, 1.165) is 0 Å². The van der Waals surface area contributed by atoms with Gasteiger partial charge >= 0.3 is 0 Å². The van der Waals surface area contributed by atoms with Crippen molar-refractivity contribution in [2.45, 2.75) is 6.92 Å². The van der Waals surface area contributed by atoms with Gasteiger partial charge in [-0.05, 0) is 12.1 Å². The quantitative estimate of drug-likeness (QED) is 0.790. The smallest absolute Gasteiger partial charge is 0.224 e. The van der Waals surface area contributed by atoms with Crippen molar-refractivity contribution in [2.75, 3.05) is 11.9 Å². The zero-order chi connectivity index (χ0) is 13.8. The summed E-state index contributed by atoms with van der Waals surface area (Å²) in [5, 5.41) is 0. The van der Waals surface area contributed by atoms with E-state index in [-0.39, 0.29) is 11.7 Å². The Morgan fingerprint density at radius 3 is 2.37 bits per heavy atom. The molecule has 0 unspecified atom stereocenters. The number of ketones is 1. The minimum atomic E-state index is -0.166. The van der Waals surface area contributed by atoms with Crippen molar-refractivity contribution in [1.82, 2.24) is 4.98 Å². The second kappa shape index (κ2) is 5.44. The molecule has 0 spiro atoms. The van der Waals surface area contributed by atoms with Gasteiger partial charge in [0.15, 0.2) is 5.78 Å². The molecule has 0 aliphatic carbocycles. The normalized spacial score (nSPS) is 10.0. The molecule has 0 bridgehead atoms. The molecular formula is C15H14N2O2. The summed E-state index contributed by atoms with van der Waals surface area (Å²) >= 11 is 0. The first-order valence-corrected chi connectivity index (χ1v) is 5.90. The molecule has 19 heavy (non-hydrogen) atoms. The average Bonchev–Trinajstić information content (AvgIpc) is 2.46. The Bertz CT molecular complexity index is 609. The van der Waals surface area contributed by atoms with Crippen LogP contribution in [-0.2, 0) is 4.79 Å². The van der Waals surface area contributed by atoms with Gasteiger partial charge in [0.25, 0.3) is 0 Å².